The van der Waals surface area contributed by atoms with Gasteiger partial charge in [-0.2, -0.15) is 0 Å². The molecule has 1 fully saturated rings. The van der Waals surface area contributed by atoms with Crippen LogP contribution < -0.4 is 5.32 Å². The Hall–Kier alpha value is -0.390. The first kappa shape index (κ1) is 13.1. The summed E-state index contributed by atoms with van der Waals surface area (Å²) in [6.07, 6.45) is 2.14. The van der Waals surface area contributed by atoms with Crippen LogP contribution in [0.2, 0.25) is 0 Å². The van der Waals surface area contributed by atoms with Gasteiger partial charge in [0, 0.05) is 19.8 Å². The number of nitrogens with one attached hydrogen (secondary N) is 1. The number of amides is 1. The molecule has 2 rings (SSSR count). The van der Waals surface area contributed by atoms with Gasteiger partial charge in [0.05, 0.1) is 8.66 Å². The summed E-state index contributed by atoms with van der Waals surface area (Å²) in [5, 5.41) is 2.96. The van der Waals surface area contributed by atoms with Crippen molar-refractivity contribution >= 4 is 33.2 Å². The second-order valence-corrected chi connectivity index (χ2v) is 6.71. The first-order chi connectivity index (χ1) is 8.16. The summed E-state index contributed by atoms with van der Waals surface area (Å²) in [6.45, 7) is 4.45. The summed E-state index contributed by atoms with van der Waals surface area (Å²) >= 11 is 4.91. The van der Waals surface area contributed by atoms with Crippen molar-refractivity contribution in [2.24, 2.45) is 5.92 Å². The van der Waals surface area contributed by atoms with E-state index < -0.39 is 0 Å². The van der Waals surface area contributed by atoms with Gasteiger partial charge in [-0.25, -0.2) is 0 Å². The van der Waals surface area contributed by atoms with Crippen LogP contribution in [0.4, 0.5) is 0 Å². The molecule has 0 bridgehead atoms. The Kier molecular flexibility index (Phi) is 4.59. The topological polar surface area (TPSA) is 38.3 Å². The van der Waals surface area contributed by atoms with E-state index in [2.05, 4.69) is 21.2 Å². The highest BCUT2D eigenvalue weighted by Gasteiger charge is 2.16. The lowest BCUT2D eigenvalue weighted by atomic mass is 10.1. The van der Waals surface area contributed by atoms with E-state index in [4.69, 9.17) is 4.74 Å². The predicted octanol–water partition coefficient (Wildman–Crippen LogP) is 2.98. The van der Waals surface area contributed by atoms with Crippen LogP contribution in [0, 0.1) is 12.8 Å². The Morgan fingerprint density at radius 1 is 1.71 bits per heavy atom. The molecule has 0 aliphatic carbocycles. The minimum atomic E-state index is 0.0303. The monoisotopic (exact) mass is 317 g/mol. The lowest BCUT2D eigenvalue weighted by Gasteiger charge is -2.07. The van der Waals surface area contributed by atoms with Gasteiger partial charge in [-0.3, -0.25) is 4.79 Å². The van der Waals surface area contributed by atoms with Crippen molar-refractivity contribution in [3.63, 3.8) is 0 Å². The molecule has 1 amide bonds. The lowest BCUT2D eigenvalue weighted by molar-refractivity contribution is 0.0954. The molecule has 1 aromatic rings. The van der Waals surface area contributed by atoms with Gasteiger partial charge >= 0.3 is 0 Å². The van der Waals surface area contributed by atoms with Gasteiger partial charge in [-0.15, -0.1) is 11.3 Å². The van der Waals surface area contributed by atoms with Crippen LogP contribution in [-0.4, -0.2) is 25.7 Å². The van der Waals surface area contributed by atoms with Crippen LogP contribution in [0.3, 0.4) is 0 Å². The minimum Gasteiger partial charge on any atom is -0.381 e. The van der Waals surface area contributed by atoms with Crippen molar-refractivity contribution in [3.8, 4) is 0 Å². The molecular weight excluding hydrogens is 302 g/mol. The third kappa shape index (κ3) is 3.53. The Bertz CT molecular complexity index is 380. The Balaban J connectivity index is 1.76. The maximum Gasteiger partial charge on any atom is 0.261 e. The van der Waals surface area contributed by atoms with E-state index in [1.165, 1.54) is 11.3 Å². The maximum absolute atomic E-state index is 11.8. The van der Waals surface area contributed by atoms with Gasteiger partial charge in [0.1, 0.15) is 0 Å². The van der Waals surface area contributed by atoms with E-state index in [1.54, 1.807) is 0 Å². The fourth-order valence-electron chi connectivity index (χ4n) is 1.86. The quantitative estimate of drug-likeness (QED) is 0.927. The molecule has 0 aromatic carbocycles. The number of hydrogen-bond donors (Lipinski definition) is 1. The number of rotatable bonds is 4. The van der Waals surface area contributed by atoms with Gasteiger partial charge < -0.3 is 10.1 Å². The molecular formula is C12H16BrNO2S. The molecule has 1 unspecified atom stereocenters. The molecule has 1 aliphatic heterocycles. The van der Waals surface area contributed by atoms with Crippen molar-refractivity contribution in [2.45, 2.75) is 19.8 Å². The van der Waals surface area contributed by atoms with Crippen LogP contribution in [0.1, 0.15) is 28.1 Å². The minimum absolute atomic E-state index is 0.0303. The SMILES string of the molecule is Cc1cc(C(=O)NCCC2CCOC2)sc1Br. The van der Waals surface area contributed by atoms with Crippen molar-refractivity contribution in [1.82, 2.24) is 5.32 Å². The smallest absolute Gasteiger partial charge is 0.261 e. The van der Waals surface area contributed by atoms with E-state index in [0.717, 1.165) is 46.8 Å². The third-order valence-electron chi connectivity index (χ3n) is 2.94. The molecule has 1 aliphatic rings. The molecule has 0 radical (unpaired) electrons. The van der Waals surface area contributed by atoms with Crippen molar-refractivity contribution in [2.75, 3.05) is 19.8 Å². The van der Waals surface area contributed by atoms with Crippen molar-refractivity contribution < 1.29 is 9.53 Å². The second-order valence-electron chi connectivity index (χ2n) is 4.34. The van der Waals surface area contributed by atoms with Gasteiger partial charge in [0.2, 0.25) is 0 Å². The van der Waals surface area contributed by atoms with Crippen molar-refractivity contribution in [1.29, 1.82) is 0 Å². The van der Waals surface area contributed by atoms with E-state index in [9.17, 15) is 4.79 Å². The number of carbonyl (C=O) groups is 1. The van der Waals surface area contributed by atoms with Crippen LogP contribution in [0.5, 0.6) is 0 Å². The molecule has 17 heavy (non-hydrogen) atoms. The summed E-state index contributed by atoms with van der Waals surface area (Å²) in [5.74, 6) is 0.648. The van der Waals surface area contributed by atoms with Crippen LogP contribution in [0.25, 0.3) is 0 Å². The number of hydrogen-bond acceptors (Lipinski definition) is 3. The first-order valence-corrected chi connectivity index (χ1v) is 7.39. The molecule has 5 heteroatoms. The number of halogens is 1. The molecule has 1 atom stereocenters. The predicted molar refractivity (Wildman–Crippen MR) is 72.6 cm³/mol. The van der Waals surface area contributed by atoms with E-state index in [-0.39, 0.29) is 5.91 Å². The van der Waals surface area contributed by atoms with Gasteiger partial charge in [0.15, 0.2) is 0 Å². The zero-order valence-electron chi connectivity index (χ0n) is 9.79. The fraction of sp³-hybridized carbons (Fsp3) is 0.583. The van der Waals surface area contributed by atoms with E-state index in [1.807, 2.05) is 13.0 Å². The number of aryl methyl sites for hydroxylation is 1. The lowest BCUT2D eigenvalue weighted by Crippen LogP contribution is -2.25. The third-order valence-corrected chi connectivity index (χ3v) is 5.08. The summed E-state index contributed by atoms with van der Waals surface area (Å²) in [4.78, 5) is 12.6. The molecule has 2 heterocycles. The largest absolute Gasteiger partial charge is 0.381 e. The Morgan fingerprint density at radius 2 is 2.53 bits per heavy atom. The maximum atomic E-state index is 11.8. The van der Waals surface area contributed by atoms with Crippen molar-refractivity contribution in [3.05, 3.63) is 20.3 Å². The molecule has 3 nitrogen and oxygen atoms in total. The molecule has 0 saturated carbocycles. The zero-order valence-corrected chi connectivity index (χ0v) is 12.2. The second kappa shape index (κ2) is 5.98. The number of carbonyl (C=O) groups excluding carboxylic acids is 1. The molecule has 94 valence electrons. The Labute approximate surface area is 114 Å². The zero-order chi connectivity index (χ0) is 12.3. The van der Waals surface area contributed by atoms with Crippen LogP contribution in [-0.2, 0) is 4.74 Å². The summed E-state index contributed by atoms with van der Waals surface area (Å²) < 4.78 is 6.34. The first-order valence-electron chi connectivity index (χ1n) is 5.78. The number of thiophene rings is 1. The molecule has 1 saturated heterocycles. The van der Waals surface area contributed by atoms with E-state index >= 15 is 0 Å². The Morgan fingerprint density at radius 3 is 3.12 bits per heavy atom. The molecule has 1 aromatic heterocycles. The highest BCUT2D eigenvalue weighted by atomic mass is 79.9. The average Bonchev–Trinajstić information content (AvgIpc) is 2.90. The van der Waals surface area contributed by atoms with Gasteiger partial charge in [0.25, 0.3) is 5.91 Å². The van der Waals surface area contributed by atoms with Gasteiger partial charge in [-0.05, 0) is 53.2 Å². The summed E-state index contributed by atoms with van der Waals surface area (Å²) in [6, 6.07) is 1.92. The standard InChI is InChI=1S/C12H16BrNO2S/c1-8-6-10(17-11(8)13)12(15)14-4-2-9-3-5-16-7-9/h6,9H,2-5,7H2,1H3,(H,14,15). The molecule has 0 spiro atoms. The highest BCUT2D eigenvalue weighted by Crippen LogP contribution is 2.27. The van der Waals surface area contributed by atoms with Crippen LogP contribution >= 0.6 is 27.3 Å². The normalized spacial score (nSPS) is 19.5. The van der Waals surface area contributed by atoms with Gasteiger partial charge in [-0.1, -0.05) is 0 Å². The van der Waals surface area contributed by atoms with Crippen LogP contribution in [0.15, 0.2) is 9.85 Å². The highest BCUT2D eigenvalue weighted by molar-refractivity contribution is 9.11. The average molecular weight is 318 g/mol. The molecule has 1 N–H and O–H groups in total. The summed E-state index contributed by atoms with van der Waals surface area (Å²) in [7, 11) is 0. The van der Waals surface area contributed by atoms with E-state index in [0.29, 0.717) is 5.92 Å². The fourth-order valence-corrected chi connectivity index (χ4v) is 3.31. The summed E-state index contributed by atoms with van der Waals surface area (Å²) in [5.41, 5.74) is 1.12. The number of ether oxygens (including phenoxy) is 1.